The fourth-order valence-electron chi connectivity index (χ4n) is 2.71. The predicted molar refractivity (Wildman–Crippen MR) is 74.5 cm³/mol. The molecule has 2 rings (SSSR count). The lowest BCUT2D eigenvalue weighted by Gasteiger charge is -2.37. The van der Waals surface area contributed by atoms with Gasteiger partial charge in [0.1, 0.15) is 5.84 Å². The number of amidine groups is 1. The molecule has 4 N–H and O–H groups in total. The van der Waals surface area contributed by atoms with Gasteiger partial charge in [0, 0.05) is 17.8 Å². The second-order valence-electron chi connectivity index (χ2n) is 5.17. The standard InChI is InChI=1S/C14H18F3N3O/c15-14(16,17)12-7-9(4-5-11(12)13(18)19)20-6-2-1-3-10(20)8-21/h4-5,7,10,21H,1-3,6,8H2,(H3,18,19). The van der Waals surface area contributed by atoms with Crippen LogP contribution in [0.15, 0.2) is 18.2 Å². The van der Waals surface area contributed by atoms with Crippen LogP contribution in [0, 0.1) is 5.41 Å². The SMILES string of the molecule is N=C(N)c1ccc(N2CCCCC2CO)cc1C(F)(F)F. The molecule has 116 valence electrons. The number of anilines is 1. The maximum Gasteiger partial charge on any atom is 0.417 e. The summed E-state index contributed by atoms with van der Waals surface area (Å²) >= 11 is 0. The van der Waals surface area contributed by atoms with Gasteiger partial charge in [-0.2, -0.15) is 13.2 Å². The average molecular weight is 301 g/mol. The third-order valence-corrected chi connectivity index (χ3v) is 3.77. The lowest BCUT2D eigenvalue weighted by atomic mass is 9.99. The molecule has 1 unspecified atom stereocenters. The summed E-state index contributed by atoms with van der Waals surface area (Å²) in [6.45, 7) is 0.526. The molecule has 21 heavy (non-hydrogen) atoms. The highest BCUT2D eigenvalue weighted by atomic mass is 19.4. The molecular formula is C14H18F3N3O. The van der Waals surface area contributed by atoms with Crippen molar-refractivity contribution in [2.75, 3.05) is 18.1 Å². The first-order chi connectivity index (χ1) is 9.84. The summed E-state index contributed by atoms with van der Waals surface area (Å²) in [5.41, 5.74) is 4.41. The molecule has 1 saturated heterocycles. The van der Waals surface area contributed by atoms with Crippen LogP contribution >= 0.6 is 0 Å². The van der Waals surface area contributed by atoms with Gasteiger partial charge in [-0.25, -0.2) is 0 Å². The van der Waals surface area contributed by atoms with E-state index in [9.17, 15) is 18.3 Å². The summed E-state index contributed by atoms with van der Waals surface area (Å²) in [6, 6.07) is 3.61. The van der Waals surface area contributed by atoms with E-state index < -0.39 is 17.6 Å². The number of nitrogens with zero attached hydrogens (tertiary/aromatic N) is 1. The number of halogens is 3. The summed E-state index contributed by atoms with van der Waals surface area (Å²) in [5, 5.41) is 16.6. The largest absolute Gasteiger partial charge is 0.417 e. The quantitative estimate of drug-likeness (QED) is 0.592. The maximum absolute atomic E-state index is 13.1. The molecule has 1 fully saturated rings. The van der Waals surface area contributed by atoms with Crippen molar-refractivity contribution in [3.05, 3.63) is 29.3 Å². The van der Waals surface area contributed by atoms with E-state index in [1.54, 1.807) is 4.90 Å². The van der Waals surface area contributed by atoms with Crippen molar-refractivity contribution in [2.45, 2.75) is 31.5 Å². The Morgan fingerprint density at radius 2 is 2.10 bits per heavy atom. The number of benzene rings is 1. The topological polar surface area (TPSA) is 73.3 Å². The Balaban J connectivity index is 2.44. The minimum atomic E-state index is -4.57. The summed E-state index contributed by atoms with van der Waals surface area (Å²) in [6.07, 6.45) is -1.97. The lowest BCUT2D eigenvalue weighted by molar-refractivity contribution is -0.137. The first kappa shape index (κ1) is 15.6. The molecule has 1 aliphatic rings. The van der Waals surface area contributed by atoms with Crippen LogP contribution in [0.1, 0.15) is 30.4 Å². The van der Waals surface area contributed by atoms with Gasteiger partial charge in [0.05, 0.1) is 18.2 Å². The number of nitrogen functional groups attached to an aromatic ring is 1. The number of nitrogens with two attached hydrogens (primary N) is 1. The molecule has 0 saturated carbocycles. The van der Waals surface area contributed by atoms with Crippen molar-refractivity contribution in [3.8, 4) is 0 Å². The van der Waals surface area contributed by atoms with Gasteiger partial charge in [0.25, 0.3) is 0 Å². The Morgan fingerprint density at radius 3 is 2.67 bits per heavy atom. The van der Waals surface area contributed by atoms with Crippen molar-refractivity contribution in [3.63, 3.8) is 0 Å². The number of rotatable bonds is 3. The molecule has 1 aliphatic heterocycles. The first-order valence-electron chi connectivity index (χ1n) is 6.77. The van der Waals surface area contributed by atoms with Crippen LogP contribution in [-0.2, 0) is 6.18 Å². The number of aliphatic hydroxyl groups is 1. The minimum absolute atomic E-state index is 0.0875. The van der Waals surface area contributed by atoms with Crippen LogP contribution < -0.4 is 10.6 Å². The molecule has 0 amide bonds. The fraction of sp³-hybridized carbons (Fsp3) is 0.500. The van der Waals surface area contributed by atoms with E-state index in [4.69, 9.17) is 11.1 Å². The van der Waals surface area contributed by atoms with Gasteiger partial charge < -0.3 is 15.7 Å². The highest BCUT2D eigenvalue weighted by Crippen LogP contribution is 2.35. The van der Waals surface area contributed by atoms with E-state index in [0.717, 1.165) is 25.3 Å². The van der Waals surface area contributed by atoms with Crippen LogP contribution in [0.4, 0.5) is 18.9 Å². The molecule has 0 aliphatic carbocycles. The van der Waals surface area contributed by atoms with E-state index in [2.05, 4.69) is 0 Å². The molecule has 1 aromatic carbocycles. The van der Waals surface area contributed by atoms with Crippen LogP contribution in [0.3, 0.4) is 0 Å². The number of piperidine rings is 1. The van der Waals surface area contributed by atoms with Gasteiger partial charge in [-0.1, -0.05) is 0 Å². The Bertz CT molecular complexity index is 531. The number of nitrogens with one attached hydrogen (secondary N) is 1. The maximum atomic E-state index is 13.1. The fourth-order valence-corrected chi connectivity index (χ4v) is 2.71. The van der Waals surface area contributed by atoms with E-state index in [-0.39, 0.29) is 18.2 Å². The molecule has 1 atom stereocenters. The third-order valence-electron chi connectivity index (χ3n) is 3.77. The molecule has 0 aromatic heterocycles. The van der Waals surface area contributed by atoms with Crippen LogP contribution in [0.2, 0.25) is 0 Å². The minimum Gasteiger partial charge on any atom is -0.394 e. The van der Waals surface area contributed by atoms with E-state index in [1.165, 1.54) is 12.1 Å². The van der Waals surface area contributed by atoms with Gasteiger partial charge in [-0.3, -0.25) is 5.41 Å². The highest BCUT2D eigenvalue weighted by Gasteiger charge is 2.35. The predicted octanol–water partition coefficient (Wildman–Crippen LogP) is 2.34. The van der Waals surface area contributed by atoms with Crippen molar-refractivity contribution in [1.29, 1.82) is 5.41 Å². The van der Waals surface area contributed by atoms with Gasteiger partial charge in [0.2, 0.25) is 0 Å². The molecule has 0 spiro atoms. The van der Waals surface area contributed by atoms with Gasteiger partial charge in [0.15, 0.2) is 0 Å². The van der Waals surface area contributed by atoms with Crippen LogP contribution in [0.25, 0.3) is 0 Å². The molecular weight excluding hydrogens is 283 g/mol. The lowest BCUT2D eigenvalue weighted by Crippen LogP contribution is -2.42. The Hall–Kier alpha value is -1.76. The van der Waals surface area contributed by atoms with Gasteiger partial charge in [-0.15, -0.1) is 0 Å². The summed E-state index contributed by atoms with van der Waals surface area (Å²) in [4.78, 5) is 1.79. The van der Waals surface area contributed by atoms with Gasteiger partial charge in [-0.05, 0) is 37.5 Å². The molecule has 0 bridgehead atoms. The van der Waals surface area contributed by atoms with Gasteiger partial charge >= 0.3 is 6.18 Å². The Labute approximate surface area is 120 Å². The molecule has 1 heterocycles. The molecule has 7 heteroatoms. The number of hydrogen-bond acceptors (Lipinski definition) is 3. The van der Waals surface area contributed by atoms with Crippen molar-refractivity contribution in [1.82, 2.24) is 0 Å². The van der Waals surface area contributed by atoms with Crippen molar-refractivity contribution < 1.29 is 18.3 Å². The number of hydrogen-bond donors (Lipinski definition) is 3. The molecule has 4 nitrogen and oxygen atoms in total. The first-order valence-corrected chi connectivity index (χ1v) is 6.77. The van der Waals surface area contributed by atoms with E-state index in [0.29, 0.717) is 12.2 Å². The smallest absolute Gasteiger partial charge is 0.394 e. The normalized spacial score (nSPS) is 19.6. The van der Waals surface area contributed by atoms with Crippen molar-refractivity contribution in [2.24, 2.45) is 5.73 Å². The second-order valence-corrected chi connectivity index (χ2v) is 5.17. The Kier molecular flexibility index (Phi) is 4.41. The van der Waals surface area contributed by atoms with E-state index >= 15 is 0 Å². The third kappa shape index (κ3) is 3.29. The van der Waals surface area contributed by atoms with Crippen LogP contribution in [-0.4, -0.2) is 30.1 Å². The number of alkyl halides is 3. The second kappa shape index (κ2) is 5.93. The molecule has 0 radical (unpaired) electrons. The zero-order valence-electron chi connectivity index (χ0n) is 11.5. The van der Waals surface area contributed by atoms with E-state index in [1.807, 2.05) is 0 Å². The zero-order valence-corrected chi connectivity index (χ0v) is 11.5. The Morgan fingerprint density at radius 1 is 1.38 bits per heavy atom. The average Bonchev–Trinajstić information content (AvgIpc) is 2.45. The summed E-state index contributed by atoms with van der Waals surface area (Å²) < 4.78 is 39.3. The highest BCUT2D eigenvalue weighted by molar-refractivity contribution is 5.97. The monoisotopic (exact) mass is 301 g/mol. The summed E-state index contributed by atoms with van der Waals surface area (Å²) in [5.74, 6) is -0.605. The van der Waals surface area contributed by atoms with Crippen molar-refractivity contribution >= 4 is 11.5 Å². The molecule has 1 aromatic rings. The van der Waals surface area contributed by atoms with Crippen LogP contribution in [0.5, 0.6) is 0 Å². The number of aliphatic hydroxyl groups excluding tert-OH is 1. The summed E-state index contributed by atoms with van der Waals surface area (Å²) in [7, 11) is 0. The zero-order chi connectivity index (χ0) is 15.6.